The first-order chi connectivity index (χ1) is 12.6. The number of aromatic amines is 1. The maximum atomic E-state index is 12.6. The van der Waals surface area contributed by atoms with E-state index in [4.69, 9.17) is 4.74 Å². The number of rotatable bonds is 9. The lowest BCUT2D eigenvalue weighted by Crippen LogP contribution is -2.29. The van der Waals surface area contributed by atoms with Crippen molar-refractivity contribution in [3.8, 4) is 0 Å². The van der Waals surface area contributed by atoms with Gasteiger partial charge in [-0.05, 0) is 36.5 Å². The highest BCUT2D eigenvalue weighted by molar-refractivity contribution is 9.10. The van der Waals surface area contributed by atoms with Crippen LogP contribution in [-0.4, -0.2) is 30.3 Å². The van der Waals surface area contributed by atoms with Crippen LogP contribution < -0.4 is 11.2 Å². The predicted octanol–water partition coefficient (Wildman–Crippen LogP) is 2.55. The zero-order valence-electron chi connectivity index (χ0n) is 15.3. The third-order valence-corrected chi connectivity index (χ3v) is 6.63. The molecule has 1 heterocycles. The summed E-state index contributed by atoms with van der Waals surface area (Å²) in [6.07, 6.45) is 2.68. The van der Waals surface area contributed by atoms with Crippen molar-refractivity contribution >= 4 is 25.8 Å². The topological polar surface area (TPSA) is 98.2 Å². The molecule has 0 unspecified atom stereocenters. The summed E-state index contributed by atoms with van der Waals surface area (Å²) in [7, 11) is -3.39. The van der Waals surface area contributed by atoms with E-state index in [1.807, 2.05) is 13.8 Å². The van der Waals surface area contributed by atoms with Crippen LogP contribution in [0.15, 0.2) is 55.5 Å². The SMILES string of the molecule is CC(C)(CCCOCn1ccc(=O)[nH]c1=O)CS(=O)(=O)c1cccc(Br)c1. The van der Waals surface area contributed by atoms with Crippen LogP contribution in [0.4, 0.5) is 0 Å². The number of H-pyrrole nitrogens is 1. The van der Waals surface area contributed by atoms with E-state index < -0.39 is 26.5 Å². The molecule has 0 spiro atoms. The molecule has 9 heteroatoms. The Bertz CT molecular complexity index is 995. The summed E-state index contributed by atoms with van der Waals surface area (Å²) in [5.74, 6) is 0.0375. The lowest BCUT2D eigenvalue weighted by molar-refractivity contribution is 0.0663. The molecule has 27 heavy (non-hydrogen) atoms. The molecule has 7 nitrogen and oxygen atoms in total. The fourth-order valence-electron chi connectivity index (χ4n) is 2.69. The van der Waals surface area contributed by atoms with E-state index in [-0.39, 0.29) is 12.5 Å². The first kappa shape index (κ1) is 21.6. The van der Waals surface area contributed by atoms with Crippen LogP contribution in [0.25, 0.3) is 0 Å². The Hall–Kier alpha value is -1.71. The van der Waals surface area contributed by atoms with E-state index in [0.29, 0.717) is 24.3 Å². The molecule has 2 aromatic rings. The Morgan fingerprint density at radius 2 is 1.96 bits per heavy atom. The predicted molar refractivity (Wildman–Crippen MR) is 106 cm³/mol. The second-order valence-electron chi connectivity index (χ2n) is 7.10. The van der Waals surface area contributed by atoms with Gasteiger partial charge in [0.25, 0.3) is 5.56 Å². The monoisotopic (exact) mass is 458 g/mol. The van der Waals surface area contributed by atoms with Crippen LogP contribution in [0.3, 0.4) is 0 Å². The summed E-state index contributed by atoms with van der Waals surface area (Å²) in [4.78, 5) is 25.0. The summed E-state index contributed by atoms with van der Waals surface area (Å²) in [5, 5.41) is 0. The number of ether oxygens (including phenoxy) is 1. The van der Waals surface area contributed by atoms with E-state index >= 15 is 0 Å². The van der Waals surface area contributed by atoms with Gasteiger partial charge >= 0.3 is 5.69 Å². The quantitative estimate of drug-likeness (QED) is 0.582. The van der Waals surface area contributed by atoms with Gasteiger partial charge in [0.2, 0.25) is 0 Å². The van der Waals surface area contributed by atoms with Gasteiger partial charge in [0.15, 0.2) is 9.84 Å². The summed E-state index contributed by atoms with van der Waals surface area (Å²) in [6, 6.07) is 7.95. The Kier molecular flexibility index (Phi) is 7.19. The van der Waals surface area contributed by atoms with Crippen molar-refractivity contribution < 1.29 is 13.2 Å². The minimum atomic E-state index is -3.39. The zero-order valence-corrected chi connectivity index (χ0v) is 17.7. The number of halogens is 1. The molecule has 0 aliphatic rings. The molecule has 0 fully saturated rings. The second kappa shape index (κ2) is 8.99. The maximum absolute atomic E-state index is 12.6. The molecule has 0 radical (unpaired) electrons. The maximum Gasteiger partial charge on any atom is 0.330 e. The molecule has 0 saturated heterocycles. The smallest absolute Gasteiger partial charge is 0.330 e. The molecule has 0 atom stereocenters. The molecule has 2 rings (SSSR count). The molecule has 1 N–H and O–H groups in total. The van der Waals surface area contributed by atoms with Crippen LogP contribution in [0.5, 0.6) is 0 Å². The number of sulfone groups is 1. The Balaban J connectivity index is 1.84. The van der Waals surface area contributed by atoms with E-state index in [0.717, 1.165) is 4.47 Å². The lowest BCUT2D eigenvalue weighted by Gasteiger charge is -2.24. The van der Waals surface area contributed by atoms with Crippen LogP contribution >= 0.6 is 15.9 Å². The van der Waals surface area contributed by atoms with Crippen molar-refractivity contribution in [1.29, 1.82) is 0 Å². The van der Waals surface area contributed by atoms with E-state index in [2.05, 4.69) is 20.9 Å². The van der Waals surface area contributed by atoms with Crippen molar-refractivity contribution in [2.75, 3.05) is 12.4 Å². The van der Waals surface area contributed by atoms with Gasteiger partial charge in [-0.3, -0.25) is 14.3 Å². The van der Waals surface area contributed by atoms with Crippen molar-refractivity contribution in [2.45, 2.75) is 38.3 Å². The lowest BCUT2D eigenvalue weighted by atomic mass is 9.90. The highest BCUT2D eigenvalue weighted by Gasteiger charge is 2.27. The number of nitrogens with one attached hydrogen (secondary N) is 1. The van der Waals surface area contributed by atoms with Crippen molar-refractivity contribution in [3.05, 3.63) is 61.8 Å². The summed E-state index contributed by atoms with van der Waals surface area (Å²) < 4.78 is 32.7. The van der Waals surface area contributed by atoms with Gasteiger partial charge in [-0.2, -0.15) is 0 Å². The van der Waals surface area contributed by atoms with Gasteiger partial charge in [-0.1, -0.05) is 35.8 Å². The molecule has 0 saturated carbocycles. The summed E-state index contributed by atoms with van der Waals surface area (Å²) in [5.41, 5.74) is -1.40. The zero-order chi connectivity index (χ0) is 20.1. The number of aromatic nitrogens is 2. The molecular weight excluding hydrogens is 436 g/mol. The molecule has 0 bridgehead atoms. The molecule has 148 valence electrons. The Labute approximate surface area is 166 Å². The molecule has 0 aliphatic heterocycles. The number of hydrogen-bond donors (Lipinski definition) is 1. The van der Waals surface area contributed by atoms with Crippen LogP contribution in [0, 0.1) is 5.41 Å². The van der Waals surface area contributed by atoms with Gasteiger partial charge in [0.1, 0.15) is 6.73 Å². The largest absolute Gasteiger partial charge is 0.361 e. The third kappa shape index (κ3) is 6.75. The summed E-state index contributed by atoms with van der Waals surface area (Å²) >= 11 is 3.30. The normalized spacial score (nSPS) is 12.3. The average molecular weight is 459 g/mol. The van der Waals surface area contributed by atoms with Crippen LogP contribution in [0.1, 0.15) is 26.7 Å². The highest BCUT2D eigenvalue weighted by atomic mass is 79.9. The van der Waals surface area contributed by atoms with E-state index in [9.17, 15) is 18.0 Å². The minimum absolute atomic E-state index is 0.0341. The fraction of sp³-hybridized carbons (Fsp3) is 0.444. The van der Waals surface area contributed by atoms with Gasteiger partial charge in [-0.15, -0.1) is 0 Å². The molecular formula is C18H23BrN2O5S. The Morgan fingerprint density at radius 3 is 2.63 bits per heavy atom. The molecule has 0 aliphatic carbocycles. The Morgan fingerprint density at radius 1 is 1.22 bits per heavy atom. The van der Waals surface area contributed by atoms with Crippen molar-refractivity contribution in [3.63, 3.8) is 0 Å². The van der Waals surface area contributed by atoms with Crippen molar-refractivity contribution in [1.82, 2.24) is 9.55 Å². The van der Waals surface area contributed by atoms with Crippen molar-refractivity contribution in [2.24, 2.45) is 5.41 Å². The molecule has 0 amide bonds. The van der Waals surface area contributed by atoms with Crippen LogP contribution in [0.2, 0.25) is 0 Å². The minimum Gasteiger partial charge on any atom is -0.361 e. The first-order valence-corrected chi connectivity index (χ1v) is 10.9. The van der Waals surface area contributed by atoms with E-state index in [1.54, 1.807) is 24.3 Å². The second-order valence-corrected chi connectivity index (χ2v) is 10.0. The van der Waals surface area contributed by atoms with Gasteiger partial charge in [0, 0.05) is 23.3 Å². The standard InChI is InChI=1S/C18H23BrN2O5S/c1-18(2,12-27(24,25)15-6-3-5-14(19)11-15)8-4-10-26-13-21-9-7-16(22)20-17(21)23/h3,5-7,9,11H,4,8,10,12-13H2,1-2H3,(H,20,22,23). The summed E-state index contributed by atoms with van der Waals surface area (Å²) in [6.45, 7) is 4.24. The first-order valence-electron chi connectivity index (χ1n) is 8.45. The molecule has 1 aromatic heterocycles. The van der Waals surface area contributed by atoms with Gasteiger partial charge in [0.05, 0.1) is 10.6 Å². The number of hydrogen-bond acceptors (Lipinski definition) is 5. The fourth-order valence-corrected chi connectivity index (χ4v) is 5.17. The van der Waals surface area contributed by atoms with Gasteiger partial charge in [-0.25, -0.2) is 13.2 Å². The highest BCUT2D eigenvalue weighted by Crippen LogP contribution is 2.28. The number of benzene rings is 1. The number of nitrogens with zero attached hydrogens (tertiary/aromatic N) is 1. The third-order valence-electron chi connectivity index (χ3n) is 4.01. The van der Waals surface area contributed by atoms with Crippen LogP contribution in [-0.2, 0) is 21.3 Å². The van der Waals surface area contributed by atoms with Gasteiger partial charge < -0.3 is 4.74 Å². The molecule has 1 aromatic carbocycles. The average Bonchev–Trinajstić information content (AvgIpc) is 2.55. The van der Waals surface area contributed by atoms with E-state index in [1.165, 1.54) is 16.8 Å².